The van der Waals surface area contributed by atoms with Gasteiger partial charge >= 0.3 is 0 Å². The third kappa shape index (κ3) is 2.84. The number of hydrogen-bond donors (Lipinski definition) is 2. The SMILES string of the molecule is Nc1ccc2ncc(-c3nccc(NC4CCCCC4)n3)n2c1. The molecule has 118 valence electrons. The molecule has 3 aromatic rings. The molecule has 0 aliphatic heterocycles. The third-order valence-electron chi connectivity index (χ3n) is 4.37. The lowest BCUT2D eigenvalue weighted by molar-refractivity contribution is 0.462. The minimum absolute atomic E-state index is 0.518. The van der Waals surface area contributed by atoms with Crippen molar-refractivity contribution in [1.82, 2.24) is 19.4 Å². The van der Waals surface area contributed by atoms with E-state index in [0.29, 0.717) is 17.6 Å². The number of imidazole rings is 1. The summed E-state index contributed by atoms with van der Waals surface area (Å²) in [5.41, 5.74) is 8.25. The molecule has 0 saturated heterocycles. The Morgan fingerprint density at radius 3 is 2.83 bits per heavy atom. The molecular formula is C17H20N6. The second kappa shape index (κ2) is 5.87. The third-order valence-corrected chi connectivity index (χ3v) is 4.37. The zero-order chi connectivity index (χ0) is 15.6. The van der Waals surface area contributed by atoms with E-state index in [-0.39, 0.29) is 0 Å². The summed E-state index contributed by atoms with van der Waals surface area (Å²) in [4.78, 5) is 13.5. The Hall–Kier alpha value is -2.63. The smallest absolute Gasteiger partial charge is 0.180 e. The van der Waals surface area contributed by atoms with Crippen LogP contribution in [0.25, 0.3) is 17.2 Å². The monoisotopic (exact) mass is 308 g/mol. The Balaban J connectivity index is 1.65. The van der Waals surface area contributed by atoms with Crippen LogP contribution in [0.1, 0.15) is 32.1 Å². The molecule has 6 nitrogen and oxygen atoms in total. The molecule has 1 aliphatic carbocycles. The van der Waals surface area contributed by atoms with Crippen LogP contribution in [-0.2, 0) is 0 Å². The first kappa shape index (κ1) is 14.0. The van der Waals surface area contributed by atoms with Crippen molar-refractivity contribution in [2.45, 2.75) is 38.1 Å². The molecule has 23 heavy (non-hydrogen) atoms. The molecule has 0 amide bonds. The molecule has 1 fully saturated rings. The highest BCUT2D eigenvalue weighted by molar-refractivity contribution is 5.60. The van der Waals surface area contributed by atoms with Crippen LogP contribution in [0.15, 0.2) is 36.8 Å². The van der Waals surface area contributed by atoms with Crippen LogP contribution >= 0.6 is 0 Å². The predicted molar refractivity (Wildman–Crippen MR) is 91.1 cm³/mol. The standard InChI is InChI=1S/C17H20N6/c18-12-6-7-16-20-10-14(23(16)11-12)17-19-9-8-15(22-17)21-13-4-2-1-3-5-13/h6-11,13H,1-5,18H2,(H,19,21,22). The molecule has 3 N–H and O–H groups in total. The zero-order valence-corrected chi connectivity index (χ0v) is 12.9. The van der Waals surface area contributed by atoms with Gasteiger partial charge in [0.2, 0.25) is 0 Å². The first-order valence-corrected chi connectivity index (χ1v) is 8.12. The van der Waals surface area contributed by atoms with Crippen molar-refractivity contribution >= 4 is 17.2 Å². The molecule has 0 radical (unpaired) electrons. The molecule has 3 aromatic heterocycles. The fourth-order valence-electron chi connectivity index (χ4n) is 3.18. The number of nitrogen functional groups attached to an aromatic ring is 1. The van der Waals surface area contributed by atoms with Crippen LogP contribution in [0.5, 0.6) is 0 Å². The topological polar surface area (TPSA) is 81.1 Å². The summed E-state index contributed by atoms with van der Waals surface area (Å²) >= 11 is 0. The van der Waals surface area contributed by atoms with Crippen molar-refractivity contribution < 1.29 is 0 Å². The van der Waals surface area contributed by atoms with Crippen LogP contribution in [0.2, 0.25) is 0 Å². The Labute approximate surface area is 134 Å². The van der Waals surface area contributed by atoms with Crippen LogP contribution in [-0.4, -0.2) is 25.4 Å². The van der Waals surface area contributed by atoms with Gasteiger partial charge in [-0.1, -0.05) is 19.3 Å². The Kier molecular flexibility index (Phi) is 3.57. The molecule has 1 saturated carbocycles. The van der Waals surface area contributed by atoms with Gasteiger partial charge in [0, 0.05) is 24.1 Å². The number of nitrogens with zero attached hydrogens (tertiary/aromatic N) is 4. The molecule has 0 unspecified atom stereocenters. The number of fused-ring (bicyclic) bond motifs is 1. The first-order chi connectivity index (χ1) is 11.3. The van der Waals surface area contributed by atoms with Crippen molar-refractivity contribution in [2.75, 3.05) is 11.1 Å². The number of nitrogens with two attached hydrogens (primary N) is 1. The van der Waals surface area contributed by atoms with Gasteiger partial charge in [-0.05, 0) is 31.0 Å². The first-order valence-electron chi connectivity index (χ1n) is 8.12. The summed E-state index contributed by atoms with van der Waals surface area (Å²) in [5.74, 6) is 1.53. The minimum atomic E-state index is 0.518. The summed E-state index contributed by atoms with van der Waals surface area (Å²) in [6.45, 7) is 0. The number of nitrogens with one attached hydrogen (secondary N) is 1. The van der Waals surface area contributed by atoms with Gasteiger partial charge in [0.15, 0.2) is 5.82 Å². The van der Waals surface area contributed by atoms with Gasteiger partial charge in [-0.15, -0.1) is 0 Å². The fourth-order valence-corrected chi connectivity index (χ4v) is 3.18. The van der Waals surface area contributed by atoms with E-state index in [0.717, 1.165) is 17.2 Å². The maximum Gasteiger partial charge on any atom is 0.180 e. The Morgan fingerprint density at radius 1 is 1.09 bits per heavy atom. The van der Waals surface area contributed by atoms with Gasteiger partial charge < -0.3 is 11.1 Å². The maximum absolute atomic E-state index is 5.88. The lowest BCUT2D eigenvalue weighted by Gasteiger charge is -2.23. The molecule has 6 heteroatoms. The average molecular weight is 308 g/mol. The zero-order valence-electron chi connectivity index (χ0n) is 12.9. The number of aromatic nitrogens is 4. The van der Waals surface area contributed by atoms with Crippen molar-refractivity contribution in [3.05, 3.63) is 36.8 Å². The van der Waals surface area contributed by atoms with Gasteiger partial charge in [0.05, 0.1) is 6.20 Å². The lowest BCUT2D eigenvalue weighted by atomic mass is 9.95. The molecule has 3 heterocycles. The predicted octanol–water partition coefficient (Wildman–Crippen LogP) is 3.12. The van der Waals surface area contributed by atoms with Gasteiger partial charge in [0.1, 0.15) is 17.2 Å². The Morgan fingerprint density at radius 2 is 1.96 bits per heavy atom. The van der Waals surface area contributed by atoms with E-state index in [2.05, 4.69) is 20.3 Å². The quantitative estimate of drug-likeness (QED) is 0.777. The molecule has 4 rings (SSSR count). The van der Waals surface area contributed by atoms with Crippen molar-refractivity contribution in [2.24, 2.45) is 0 Å². The second-order valence-corrected chi connectivity index (χ2v) is 6.08. The van der Waals surface area contributed by atoms with Gasteiger partial charge in [-0.25, -0.2) is 15.0 Å². The highest BCUT2D eigenvalue weighted by Crippen LogP contribution is 2.23. The van der Waals surface area contributed by atoms with Gasteiger partial charge in [-0.3, -0.25) is 4.40 Å². The van der Waals surface area contributed by atoms with Crippen LogP contribution in [0.4, 0.5) is 11.5 Å². The number of pyridine rings is 1. The highest BCUT2D eigenvalue weighted by Gasteiger charge is 2.15. The highest BCUT2D eigenvalue weighted by atomic mass is 15.1. The van der Waals surface area contributed by atoms with Crippen LogP contribution in [0, 0.1) is 0 Å². The molecule has 0 spiro atoms. The van der Waals surface area contributed by atoms with E-state index < -0.39 is 0 Å². The fraction of sp³-hybridized carbons (Fsp3) is 0.353. The van der Waals surface area contributed by atoms with Crippen molar-refractivity contribution in [3.63, 3.8) is 0 Å². The summed E-state index contributed by atoms with van der Waals surface area (Å²) in [6, 6.07) is 6.18. The normalized spacial score (nSPS) is 15.8. The summed E-state index contributed by atoms with van der Waals surface area (Å²) in [6.07, 6.45) is 11.8. The van der Waals surface area contributed by atoms with Crippen molar-refractivity contribution in [3.8, 4) is 11.5 Å². The van der Waals surface area contributed by atoms with Crippen LogP contribution < -0.4 is 11.1 Å². The molecule has 0 atom stereocenters. The Bertz CT molecular complexity index is 819. The summed E-state index contributed by atoms with van der Waals surface area (Å²) in [7, 11) is 0. The van der Waals surface area contributed by atoms with E-state index in [9.17, 15) is 0 Å². The van der Waals surface area contributed by atoms with E-state index in [1.54, 1.807) is 12.4 Å². The number of anilines is 2. The number of hydrogen-bond acceptors (Lipinski definition) is 5. The maximum atomic E-state index is 5.88. The number of rotatable bonds is 3. The van der Waals surface area contributed by atoms with Gasteiger partial charge in [0.25, 0.3) is 0 Å². The molecule has 0 bridgehead atoms. The van der Waals surface area contributed by atoms with E-state index in [1.807, 2.05) is 28.8 Å². The van der Waals surface area contributed by atoms with E-state index >= 15 is 0 Å². The van der Waals surface area contributed by atoms with Crippen molar-refractivity contribution in [1.29, 1.82) is 0 Å². The summed E-state index contributed by atoms with van der Waals surface area (Å²) in [5, 5.41) is 3.54. The van der Waals surface area contributed by atoms with E-state index in [4.69, 9.17) is 5.73 Å². The average Bonchev–Trinajstić information content (AvgIpc) is 2.99. The molecule has 0 aromatic carbocycles. The minimum Gasteiger partial charge on any atom is -0.398 e. The largest absolute Gasteiger partial charge is 0.398 e. The second-order valence-electron chi connectivity index (χ2n) is 6.08. The molecular weight excluding hydrogens is 288 g/mol. The lowest BCUT2D eigenvalue weighted by Crippen LogP contribution is -2.22. The molecule has 1 aliphatic rings. The van der Waals surface area contributed by atoms with E-state index in [1.165, 1.54) is 32.1 Å². The van der Waals surface area contributed by atoms with Crippen LogP contribution in [0.3, 0.4) is 0 Å². The summed E-state index contributed by atoms with van der Waals surface area (Å²) < 4.78 is 1.93. The van der Waals surface area contributed by atoms with Gasteiger partial charge in [-0.2, -0.15) is 0 Å².